The zero-order valence-electron chi connectivity index (χ0n) is 17.1. The van der Waals surface area contributed by atoms with Gasteiger partial charge in [-0.25, -0.2) is 0 Å². The molecule has 0 bridgehead atoms. The number of carbonyl (C=O) groups excluding carboxylic acids is 1. The molecule has 3 N–H and O–H groups in total. The lowest BCUT2D eigenvalue weighted by Crippen LogP contribution is -2.38. The molecule has 0 radical (unpaired) electrons. The Labute approximate surface area is 189 Å². The quantitative estimate of drug-likeness (QED) is 0.288. The fourth-order valence-corrected chi connectivity index (χ4v) is 2.65. The van der Waals surface area contributed by atoms with Crippen molar-refractivity contribution in [3.8, 4) is 0 Å². The van der Waals surface area contributed by atoms with Gasteiger partial charge >= 0.3 is 0 Å². The molecule has 29 heavy (non-hydrogen) atoms. The van der Waals surface area contributed by atoms with Crippen molar-refractivity contribution in [2.24, 2.45) is 4.99 Å². The van der Waals surface area contributed by atoms with Gasteiger partial charge in [-0.3, -0.25) is 14.8 Å². The third-order valence-corrected chi connectivity index (χ3v) is 4.14. The normalized spacial score (nSPS) is 11.9. The van der Waals surface area contributed by atoms with E-state index >= 15 is 0 Å². The average molecular weight is 511 g/mol. The average Bonchev–Trinajstić information content (AvgIpc) is 2.72. The number of carbonyl (C=O) groups is 1. The van der Waals surface area contributed by atoms with Crippen molar-refractivity contribution in [3.63, 3.8) is 0 Å². The van der Waals surface area contributed by atoms with Crippen LogP contribution in [-0.2, 0) is 6.42 Å². The van der Waals surface area contributed by atoms with Crippen molar-refractivity contribution in [1.82, 2.24) is 20.5 Å². The molecule has 1 aromatic heterocycles. The molecular formula is C21H30IN5O2. The second kappa shape index (κ2) is 13.1. The number of pyridine rings is 1. The Morgan fingerprint density at radius 3 is 2.59 bits per heavy atom. The predicted molar refractivity (Wildman–Crippen MR) is 127 cm³/mol. The molecule has 8 heteroatoms. The summed E-state index contributed by atoms with van der Waals surface area (Å²) in [6.45, 7) is 3.64. The molecule has 2 rings (SSSR count). The molecule has 0 spiro atoms. The fraction of sp³-hybridized carbons (Fsp3) is 0.381. The first-order chi connectivity index (χ1) is 13.5. The maximum absolute atomic E-state index is 12.1. The minimum Gasteiger partial charge on any atom is -0.386 e. The van der Waals surface area contributed by atoms with Gasteiger partial charge in [-0.15, -0.1) is 24.0 Å². The summed E-state index contributed by atoms with van der Waals surface area (Å²) in [5.74, 6) is 0.644. The molecule has 1 amide bonds. The van der Waals surface area contributed by atoms with Crippen molar-refractivity contribution in [2.75, 3.05) is 33.7 Å². The minimum absolute atomic E-state index is 0. The van der Waals surface area contributed by atoms with Crippen LogP contribution in [0.5, 0.6) is 0 Å². The van der Waals surface area contributed by atoms with Crippen molar-refractivity contribution in [1.29, 1.82) is 0 Å². The lowest BCUT2D eigenvalue weighted by molar-refractivity contribution is 0.0827. The number of benzene rings is 1. The van der Waals surface area contributed by atoms with Crippen LogP contribution in [0.15, 0.2) is 53.8 Å². The molecular weight excluding hydrogens is 481 g/mol. The van der Waals surface area contributed by atoms with Crippen LogP contribution < -0.4 is 10.6 Å². The summed E-state index contributed by atoms with van der Waals surface area (Å²) >= 11 is 0. The second-order valence-corrected chi connectivity index (χ2v) is 6.59. The molecule has 1 unspecified atom stereocenters. The number of hydrogen-bond donors (Lipinski definition) is 3. The van der Waals surface area contributed by atoms with Gasteiger partial charge in [-0.05, 0) is 48.7 Å². The molecule has 7 nitrogen and oxygen atoms in total. The Bertz CT molecular complexity index is 784. The van der Waals surface area contributed by atoms with Crippen LogP contribution in [0, 0.1) is 0 Å². The number of nitrogens with one attached hydrogen (secondary N) is 2. The first-order valence-electron chi connectivity index (χ1n) is 9.42. The van der Waals surface area contributed by atoms with E-state index in [4.69, 9.17) is 0 Å². The Morgan fingerprint density at radius 2 is 1.93 bits per heavy atom. The van der Waals surface area contributed by atoms with Crippen LogP contribution in [0.25, 0.3) is 0 Å². The fourth-order valence-electron chi connectivity index (χ4n) is 2.65. The van der Waals surface area contributed by atoms with Crippen LogP contribution in [0.1, 0.15) is 34.5 Å². The number of nitrogens with zero attached hydrogens (tertiary/aromatic N) is 3. The zero-order valence-corrected chi connectivity index (χ0v) is 19.5. The summed E-state index contributed by atoms with van der Waals surface area (Å²) in [6, 6.07) is 11.2. The monoisotopic (exact) mass is 511 g/mol. The van der Waals surface area contributed by atoms with E-state index in [1.807, 2.05) is 31.2 Å². The zero-order chi connectivity index (χ0) is 20.4. The Balaban J connectivity index is 0.00000420. The highest BCUT2D eigenvalue weighted by Gasteiger charge is 2.09. The van der Waals surface area contributed by atoms with Gasteiger partial charge in [-0.1, -0.05) is 12.1 Å². The number of halogens is 1. The smallest absolute Gasteiger partial charge is 0.253 e. The van der Waals surface area contributed by atoms with Crippen molar-refractivity contribution in [2.45, 2.75) is 19.4 Å². The Morgan fingerprint density at radius 1 is 1.21 bits per heavy atom. The maximum atomic E-state index is 12.1. The number of aliphatic imine (C=N–C) groups is 1. The molecule has 0 fully saturated rings. The van der Waals surface area contributed by atoms with E-state index in [-0.39, 0.29) is 36.4 Å². The summed E-state index contributed by atoms with van der Waals surface area (Å²) in [7, 11) is 3.49. The molecule has 1 heterocycles. The maximum Gasteiger partial charge on any atom is 0.253 e. The lowest BCUT2D eigenvalue weighted by Gasteiger charge is -2.14. The SMILES string of the molecule is CCNC(=NCC(O)c1ccncc1)NCCc1cccc(C(=O)N(C)C)c1.I. The van der Waals surface area contributed by atoms with E-state index in [0.717, 1.165) is 24.1 Å². The Hall–Kier alpha value is -2.20. The van der Waals surface area contributed by atoms with Gasteiger partial charge in [-0.2, -0.15) is 0 Å². The molecule has 2 aromatic rings. The van der Waals surface area contributed by atoms with Crippen molar-refractivity contribution >= 4 is 35.8 Å². The van der Waals surface area contributed by atoms with Crippen LogP contribution in [0.2, 0.25) is 0 Å². The summed E-state index contributed by atoms with van der Waals surface area (Å²) in [6.07, 6.45) is 3.39. The highest BCUT2D eigenvalue weighted by atomic mass is 127. The van der Waals surface area contributed by atoms with E-state index in [1.165, 1.54) is 0 Å². The third kappa shape index (κ3) is 8.36. The number of guanidine groups is 1. The first-order valence-corrected chi connectivity index (χ1v) is 9.42. The van der Waals surface area contributed by atoms with Crippen LogP contribution in [0.4, 0.5) is 0 Å². The van der Waals surface area contributed by atoms with Gasteiger partial charge in [0.2, 0.25) is 0 Å². The minimum atomic E-state index is -0.674. The van der Waals surface area contributed by atoms with Gasteiger partial charge in [0.15, 0.2) is 5.96 Å². The summed E-state index contributed by atoms with van der Waals surface area (Å²) < 4.78 is 0. The highest BCUT2D eigenvalue weighted by Crippen LogP contribution is 2.11. The molecule has 0 saturated heterocycles. The molecule has 1 atom stereocenters. The standard InChI is InChI=1S/C21H29N5O2.HI/c1-4-23-21(25-15-19(27)17-9-11-22-12-10-17)24-13-8-16-6-5-7-18(14-16)20(28)26(2)3;/h5-7,9-12,14,19,27H,4,8,13,15H2,1-3H3,(H2,23,24,25);1H. The molecule has 1 aromatic carbocycles. The van der Waals surface area contributed by atoms with Crippen LogP contribution in [-0.4, -0.2) is 60.6 Å². The topological polar surface area (TPSA) is 89.9 Å². The lowest BCUT2D eigenvalue weighted by atomic mass is 10.1. The Kier molecular flexibility index (Phi) is 11.2. The van der Waals surface area contributed by atoms with E-state index in [2.05, 4.69) is 20.6 Å². The van der Waals surface area contributed by atoms with Gasteiger partial charge in [0.05, 0.1) is 12.6 Å². The third-order valence-electron chi connectivity index (χ3n) is 4.14. The number of aliphatic hydroxyl groups is 1. The van der Waals surface area contributed by atoms with Gasteiger partial charge < -0.3 is 20.6 Å². The summed E-state index contributed by atoms with van der Waals surface area (Å²) in [5.41, 5.74) is 2.55. The molecule has 158 valence electrons. The van der Waals surface area contributed by atoms with Crippen molar-refractivity contribution < 1.29 is 9.90 Å². The largest absolute Gasteiger partial charge is 0.386 e. The highest BCUT2D eigenvalue weighted by molar-refractivity contribution is 14.0. The van der Waals surface area contributed by atoms with Crippen molar-refractivity contribution in [3.05, 3.63) is 65.5 Å². The van der Waals surface area contributed by atoms with E-state index < -0.39 is 6.10 Å². The molecule has 0 aliphatic carbocycles. The number of hydrogen-bond acceptors (Lipinski definition) is 4. The first kappa shape index (κ1) is 24.8. The second-order valence-electron chi connectivity index (χ2n) is 6.59. The van der Waals surface area contributed by atoms with Crippen LogP contribution >= 0.6 is 24.0 Å². The summed E-state index contributed by atoms with van der Waals surface area (Å²) in [5, 5.41) is 16.7. The van der Waals surface area contributed by atoms with E-state index in [0.29, 0.717) is 18.1 Å². The van der Waals surface area contributed by atoms with E-state index in [9.17, 15) is 9.90 Å². The molecule has 0 aliphatic rings. The predicted octanol–water partition coefficient (Wildman–Crippen LogP) is 2.23. The van der Waals surface area contributed by atoms with Crippen LogP contribution in [0.3, 0.4) is 0 Å². The van der Waals surface area contributed by atoms with Gasteiger partial charge in [0.25, 0.3) is 5.91 Å². The summed E-state index contributed by atoms with van der Waals surface area (Å²) in [4.78, 5) is 22.1. The number of aromatic nitrogens is 1. The van der Waals surface area contributed by atoms with E-state index in [1.54, 1.807) is 43.5 Å². The van der Waals surface area contributed by atoms with Gasteiger partial charge in [0.1, 0.15) is 0 Å². The number of amides is 1. The molecule has 0 saturated carbocycles. The number of aliphatic hydroxyl groups excluding tert-OH is 1. The van der Waals surface area contributed by atoms with Gasteiger partial charge in [0, 0.05) is 45.1 Å². The molecule has 0 aliphatic heterocycles. The number of rotatable bonds is 8.